The van der Waals surface area contributed by atoms with Crippen molar-refractivity contribution >= 4 is 21.4 Å². The first-order valence-corrected chi connectivity index (χ1v) is 10.0. The Balaban J connectivity index is 2.19. The first-order valence-electron chi connectivity index (χ1n) is 8.15. The second-order valence-corrected chi connectivity index (χ2v) is 8.39. The van der Waals surface area contributed by atoms with Gasteiger partial charge < -0.3 is 10.2 Å². The lowest BCUT2D eigenvalue weighted by atomic mass is 9.93. The van der Waals surface area contributed by atoms with E-state index in [-0.39, 0.29) is 16.4 Å². The maximum absolute atomic E-state index is 12.7. The van der Waals surface area contributed by atoms with Crippen molar-refractivity contribution in [3.8, 4) is 0 Å². The first kappa shape index (κ1) is 19.3. The average molecular weight is 369 g/mol. The standard InChI is InChI=1S/C16H23N3O5S/c1-17-6-3-12-4-7-18(8-5-12)16(20)13-9-14(19(21)22)11-15(10-13)25(2,23)24/h9-12,17H,3-8H2,1-2H3. The summed E-state index contributed by atoms with van der Waals surface area (Å²) in [5.41, 5.74) is -0.349. The minimum absolute atomic E-state index is 0.0447. The molecule has 9 heteroatoms. The van der Waals surface area contributed by atoms with Crippen LogP contribution in [0.3, 0.4) is 0 Å². The predicted octanol–water partition coefficient (Wildman–Crippen LogP) is 1.46. The van der Waals surface area contributed by atoms with Crippen molar-refractivity contribution in [1.82, 2.24) is 10.2 Å². The molecule has 0 spiro atoms. The van der Waals surface area contributed by atoms with E-state index in [1.807, 2.05) is 7.05 Å². The van der Waals surface area contributed by atoms with Gasteiger partial charge in [-0.25, -0.2) is 8.42 Å². The molecule has 1 aliphatic heterocycles. The Kier molecular flexibility index (Phi) is 6.12. The number of likely N-dealkylation sites (tertiary alicyclic amines) is 1. The molecule has 1 amide bonds. The topological polar surface area (TPSA) is 110 Å². The van der Waals surface area contributed by atoms with E-state index in [0.717, 1.165) is 44.2 Å². The van der Waals surface area contributed by atoms with E-state index in [2.05, 4.69) is 5.32 Å². The number of nitro groups is 1. The van der Waals surface area contributed by atoms with Crippen LogP contribution in [0, 0.1) is 16.0 Å². The van der Waals surface area contributed by atoms with Crippen molar-refractivity contribution in [2.24, 2.45) is 5.92 Å². The van der Waals surface area contributed by atoms with E-state index in [9.17, 15) is 23.3 Å². The molecule has 0 saturated carbocycles. The Morgan fingerprint density at radius 3 is 2.48 bits per heavy atom. The number of benzene rings is 1. The molecule has 0 aromatic heterocycles. The largest absolute Gasteiger partial charge is 0.339 e. The van der Waals surface area contributed by atoms with Crippen LogP contribution in [-0.4, -0.2) is 57.1 Å². The summed E-state index contributed by atoms with van der Waals surface area (Å²) in [6.07, 6.45) is 3.77. The SMILES string of the molecule is CNCCC1CCN(C(=O)c2cc([N+](=O)[O-])cc(S(C)(=O)=O)c2)CC1. The monoisotopic (exact) mass is 369 g/mol. The van der Waals surface area contributed by atoms with Crippen molar-refractivity contribution in [3.63, 3.8) is 0 Å². The summed E-state index contributed by atoms with van der Waals surface area (Å²) < 4.78 is 23.5. The number of carbonyl (C=O) groups excluding carboxylic acids is 1. The van der Waals surface area contributed by atoms with Crippen molar-refractivity contribution in [2.75, 3.05) is 32.9 Å². The molecule has 0 radical (unpaired) electrons. The fourth-order valence-corrected chi connectivity index (χ4v) is 3.66. The van der Waals surface area contributed by atoms with Crippen molar-refractivity contribution < 1.29 is 18.1 Å². The van der Waals surface area contributed by atoms with Gasteiger partial charge in [0.15, 0.2) is 9.84 Å². The Labute approximate surface area is 147 Å². The number of amides is 1. The van der Waals surface area contributed by atoms with Gasteiger partial charge in [0.1, 0.15) is 0 Å². The molecule has 0 bridgehead atoms. The number of rotatable bonds is 6. The number of nitro benzene ring substituents is 1. The van der Waals surface area contributed by atoms with E-state index in [1.165, 1.54) is 6.07 Å². The zero-order valence-corrected chi connectivity index (χ0v) is 15.2. The number of carbonyl (C=O) groups is 1. The number of piperidine rings is 1. The molecular weight excluding hydrogens is 346 g/mol. The summed E-state index contributed by atoms with van der Waals surface area (Å²) in [6.45, 7) is 2.08. The van der Waals surface area contributed by atoms with Gasteiger partial charge in [-0.3, -0.25) is 14.9 Å². The van der Waals surface area contributed by atoms with Gasteiger partial charge in [0.25, 0.3) is 11.6 Å². The third-order valence-electron chi connectivity index (χ3n) is 4.48. The lowest BCUT2D eigenvalue weighted by molar-refractivity contribution is -0.385. The van der Waals surface area contributed by atoms with E-state index < -0.39 is 20.4 Å². The molecule has 1 aromatic carbocycles. The first-order chi connectivity index (χ1) is 11.7. The van der Waals surface area contributed by atoms with Crippen molar-refractivity contribution in [2.45, 2.75) is 24.2 Å². The van der Waals surface area contributed by atoms with Gasteiger partial charge in [0.05, 0.1) is 9.82 Å². The molecule has 1 aromatic rings. The van der Waals surface area contributed by atoms with E-state index in [0.29, 0.717) is 19.0 Å². The number of nitrogens with zero attached hydrogens (tertiary/aromatic N) is 2. The highest BCUT2D eigenvalue weighted by Crippen LogP contribution is 2.25. The van der Waals surface area contributed by atoms with Crippen LogP contribution in [0.1, 0.15) is 29.6 Å². The van der Waals surface area contributed by atoms with E-state index in [4.69, 9.17) is 0 Å². The van der Waals surface area contributed by atoms with E-state index >= 15 is 0 Å². The zero-order chi connectivity index (χ0) is 18.6. The molecule has 1 aliphatic rings. The second kappa shape index (κ2) is 7.92. The maximum Gasteiger partial charge on any atom is 0.271 e. The lowest BCUT2D eigenvalue weighted by Crippen LogP contribution is -2.39. The van der Waals surface area contributed by atoms with E-state index in [1.54, 1.807) is 4.90 Å². The van der Waals surface area contributed by atoms with Crippen LogP contribution >= 0.6 is 0 Å². The fourth-order valence-electron chi connectivity index (χ4n) is 2.98. The maximum atomic E-state index is 12.7. The molecule has 2 rings (SSSR count). The summed E-state index contributed by atoms with van der Waals surface area (Å²) in [7, 11) is -1.74. The van der Waals surface area contributed by atoms with Crippen molar-refractivity contribution in [3.05, 3.63) is 33.9 Å². The number of nitrogens with one attached hydrogen (secondary N) is 1. The van der Waals surface area contributed by atoms with Gasteiger partial charge in [0.2, 0.25) is 0 Å². The Bertz CT molecular complexity index is 755. The highest BCUT2D eigenvalue weighted by atomic mass is 32.2. The molecule has 138 valence electrons. The van der Waals surface area contributed by atoms with Gasteiger partial charge in [-0.15, -0.1) is 0 Å². The van der Waals surface area contributed by atoms with Crippen LogP contribution in [0.5, 0.6) is 0 Å². The van der Waals surface area contributed by atoms with Gasteiger partial charge in [-0.05, 0) is 44.8 Å². The molecule has 1 saturated heterocycles. The van der Waals surface area contributed by atoms with Crippen LogP contribution in [-0.2, 0) is 9.84 Å². The highest BCUT2D eigenvalue weighted by molar-refractivity contribution is 7.90. The molecule has 0 aliphatic carbocycles. The predicted molar refractivity (Wildman–Crippen MR) is 93.4 cm³/mol. The molecule has 8 nitrogen and oxygen atoms in total. The normalized spacial score (nSPS) is 16.0. The van der Waals surface area contributed by atoms with Crippen LogP contribution in [0.25, 0.3) is 0 Å². The fraction of sp³-hybridized carbons (Fsp3) is 0.562. The summed E-state index contributed by atoms with van der Waals surface area (Å²) in [6, 6.07) is 3.35. The second-order valence-electron chi connectivity index (χ2n) is 6.37. The molecule has 25 heavy (non-hydrogen) atoms. The summed E-state index contributed by atoms with van der Waals surface area (Å²) >= 11 is 0. The van der Waals surface area contributed by atoms with Gasteiger partial charge in [-0.2, -0.15) is 0 Å². The number of hydrogen-bond acceptors (Lipinski definition) is 6. The number of non-ortho nitro benzene ring substituents is 1. The lowest BCUT2D eigenvalue weighted by Gasteiger charge is -2.32. The van der Waals surface area contributed by atoms with Crippen LogP contribution in [0.15, 0.2) is 23.1 Å². The summed E-state index contributed by atoms with van der Waals surface area (Å²) in [4.78, 5) is 24.5. The average Bonchev–Trinajstić information content (AvgIpc) is 2.58. The van der Waals surface area contributed by atoms with Crippen molar-refractivity contribution in [1.29, 1.82) is 0 Å². The number of sulfone groups is 1. The Morgan fingerprint density at radius 1 is 1.32 bits per heavy atom. The third-order valence-corrected chi connectivity index (χ3v) is 5.57. The Morgan fingerprint density at radius 2 is 1.96 bits per heavy atom. The molecule has 1 fully saturated rings. The minimum Gasteiger partial charge on any atom is -0.339 e. The zero-order valence-electron chi connectivity index (χ0n) is 14.4. The van der Waals surface area contributed by atoms with Gasteiger partial charge in [-0.1, -0.05) is 0 Å². The van der Waals surface area contributed by atoms with Crippen LogP contribution < -0.4 is 5.32 Å². The van der Waals surface area contributed by atoms with Gasteiger partial charge in [0, 0.05) is 37.0 Å². The van der Waals surface area contributed by atoms with Crippen LogP contribution in [0.4, 0.5) is 5.69 Å². The Hall–Kier alpha value is -2.00. The highest BCUT2D eigenvalue weighted by Gasteiger charge is 2.26. The molecular formula is C16H23N3O5S. The summed E-state index contributed by atoms with van der Waals surface area (Å²) in [5, 5.41) is 14.2. The molecule has 0 atom stereocenters. The molecule has 0 unspecified atom stereocenters. The minimum atomic E-state index is -3.65. The number of hydrogen-bond donors (Lipinski definition) is 1. The smallest absolute Gasteiger partial charge is 0.271 e. The molecule has 1 heterocycles. The molecule has 1 N–H and O–H groups in total. The quantitative estimate of drug-likeness (QED) is 0.600. The summed E-state index contributed by atoms with van der Waals surface area (Å²) in [5.74, 6) is 0.189. The third kappa shape index (κ3) is 4.99. The van der Waals surface area contributed by atoms with Crippen LogP contribution in [0.2, 0.25) is 0 Å². The van der Waals surface area contributed by atoms with Gasteiger partial charge >= 0.3 is 0 Å².